The number of nitro groups is 1. The van der Waals surface area contributed by atoms with Gasteiger partial charge in [0.2, 0.25) is 0 Å². The van der Waals surface area contributed by atoms with Gasteiger partial charge in [-0.2, -0.15) is 13.2 Å². The summed E-state index contributed by atoms with van der Waals surface area (Å²) >= 11 is 0. The van der Waals surface area contributed by atoms with Crippen molar-refractivity contribution in [3.63, 3.8) is 0 Å². The fraction of sp³-hybridized carbons (Fsp3) is 0.417. The molecule has 1 aromatic carbocycles. The van der Waals surface area contributed by atoms with Gasteiger partial charge in [-0.05, 0) is 25.0 Å². The molecule has 114 valence electrons. The number of carbonyl (C=O) groups excluding carboxylic acids is 1. The molecule has 9 heteroatoms. The number of amides is 1. The first kappa shape index (κ1) is 15.1. The topological polar surface area (TPSA) is 84.3 Å². The molecule has 0 heterocycles. The number of hydrogen-bond donors (Lipinski definition) is 2. The Morgan fingerprint density at radius 2 is 2.05 bits per heavy atom. The molecule has 2 N–H and O–H groups in total. The Kier molecular flexibility index (Phi) is 4.01. The summed E-state index contributed by atoms with van der Waals surface area (Å²) in [5, 5.41) is 15.6. The number of halogens is 3. The summed E-state index contributed by atoms with van der Waals surface area (Å²) in [4.78, 5) is 21.9. The van der Waals surface area contributed by atoms with E-state index in [1.807, 2.05) is 0 Å². The van der Waals surface area contributed by atoms with E-state index in [0.29, 0.717) is 0 Å². The second-order valence-corrected chi connectivity index (χ2v) is 4.71. The van der Waals surface area contributed by atoms with Crippen LogP contribution in [-0.2, 0) is 0 Å². The van der Waals surface area contributed by atoms with Gasteiger partial charge >= 0.3 is 6.18 Å². The quantitative estimate of drug-likeness (QED) is 0.646. The fourth-order valence-corrected chi connectivity index (χ4v) is 1.68. The summed E-state index contributed by atoms with van der Waals surface area (Å²) in [6.07, 6.45) is -2.72. The number of hydrogen-bond acceptors (Lipinski definition) is 4. The highest BCUT2D eigenvalue weighted by Crippen LogP contribution is 2.31. The second kappa shape index (κ2) is 5.58. The number of rotatable bonds is 5. The van der Waals surface area contributed by atoms with Crippen molar-refractivity contribution in [3.05, 3.63) is 33.9 Å². The number of nitrogens with zero attached hydrogens (tertiary/aromatic N) is 1. The molecule has 1 aliphatic carbocycles. The van der Waals surface area contributed by atoms with Crippen molar-refractivity contribution in [1.29, 1.82) is 0 Å². The highest BCUT2D eigenvalue weighted by atomic mass is 19.4. The lowest BCUT2D eigenvalue weighted by molar-refractivity contribution is -0.384. The molecule has 1 aromatic rings. The van der Waals surface area contributed by atoms with Crippen molar-refractivity contribution in [3.8, 4) is 0 Å². The lowest BCUT2D eigenvalue weighted by Crippen LogP contribution is -2.33. The van der Waals surface area contributed by atoms with Gasteiger partial charge in [-0.1, -0.05) is 0 Å². The Morgan fingerprint density at radius 1 is 1.38 bits per heavy atom. The lowest BCUT2D eigenvalue weighted by Gasteiger charge is -2.10. The molecule has 0 radical (unpaired) electrons. The predicted molar refractivity (Wildman–Crippen MR) is 68.1 cm³/mol. The van der Waals surface area contributed by atoms with Gasteiger partial charge in [0.05, 0.1) is 4.92 Å². The van der Waals surface area contributed by atoms with E-state index in [9.17, 15) is 28.1 Å². The minimum absolute atomic E-state index is 0.175. The van der Waals surface area contributed by atoms with Crippen molar-refractivity contribution in [2.24, 2.45) is 0 Å². The molecule has 1 aliphatic rings. The summed E-state index contributed by atoms with van der Waals surface area (Å²) in [6, 6.07) is 3.73. The summed E-state index contributed by atoms with van der Waals surface area (Å²) in [7, 11) is 0. The summed E-state index contributed by atoms with van der Waals surface area (Å²) in [5.74, 6) is -1.01. The van der Waals surface area contributed by atoms with E-state index >= 15 is 0 Å². The van der Waals surface area contributed by atoms with Crippen LogP contribution in [0.4, 0.5) is 24.5 Å². The van der Waals surface area contributed by atoms with E-state index in [4.69, 9.17) is 0 Å². The van der Waals surface area contributed by atoms with Crippen molar-refractivity contribution >= 4 is 17.3 Å². The highest BCUT2D eigenvalue weighted by Gasteiger charge is 2.29. The first-order valence-corrected chi connectivity index (χ1v) is 6.16. The van der Waals surface area contributed by atoms with Crippen LogP contribution in [0.1, 0.15) is 23.2 Å². The van der Waals surface area contributed by atoms with E-state index in [1.54, 1.807) is 5.32 Å². The van der Waals surface area contributed by atoms with Gasteiger partial charge in [0.25, 0.3) is 11.6 Å². The van der Waals surface area contributed by atoms with Crippen molar-refractivity contribution in [2.75, 3.05) is 11.9 Å². The van der Waals surface area contributed by atoms with Gasteiger partial charge in [-0.25, -0.2) is 0 Å². The lowest BCUT2D eigenvalue weighted by atomic mass is 10.1. The minimum atomic E-state index is -4.53. The molecule has 1 amide bonds. The van der Waals surface area contributed by atoms with E-state index in [2.05, 4.69) is 5.32 Å². The molecule has 2 rings (SSSR count). The zero-order chi connectivity index (χ0) is 15.6. The Balaban J connectivity index is 2.14. The second-order valence-electron chi connectivity index (χ2n) is 4.71. The monoisotopic (exact) mass is 303 g/mol. The van der Waals surface area contributed by atoms with Gasteiger partial charge in [0, 0.05) is 17.7 Å². The van der Waals surface area contributed by atoms with E-state index < -0.39 is 23.6 Å². The molecular weight excluding hydrogens is 291 g/mol. The molecule has 1 saturated carbocycles. The van der Waals surface area contributed by atoms with Crippen LogP contribution in [0.15, 0.2) is 18.2 Å². The summed E-state index contributed by atoms with van der Waals surface area (Å²) in [6.45, 7) is -1.48. The zero-order valence-electron chi connectivity index (χ0n) is 10.7. The Hall–Kier alpha value is -2.32. The van der Waals surface area contributed by atoms with Crippen LogP contribution in [0.3, 0.4) is 0 Å². The van der Waals surface area contributed by atoms with Gasteiger partial charge in [-0.15, -0.1) is 0 Å². The number of carbonyl (C=O) groups is 1. The van der Waals surface area contributed by atoms with Crippen LogP contribution in [0.25, 0.3) is 0 Å². The summed E-state index contributed by atoms with van der Waals surface area (Å²) in [5.41, 5.74) is -0.260. The number of nitro benzene ring substituents is 1. The number of nitrogens with one attached hydrogen (secondary N) is 2. The maximum atomic E-state index is 12.0. The van der Waals surface area contributed by atoms with Crippen molar-refractivity contribution in [2.45, 2.75) is 25.1 Å². The molecule has 0 atom stereocenters. The largest absolute Gasteiger partial charge is 0.405 e. The number of anilines is 1. The molecule has 0 unspecified atom stereocenters. The molecule has 0 bridgehead atoms. The van der Waals surface area contributed by atoms with Gasteiger partial charge in [-0.3, -0.25) is 14.9 Å². The van der Waals surface area contributed by atoms with Crippen LogP contribution in [0.2, 0.25) is 0 Å². The number of benzene rings is 1. The Morgan fingerprint density at radius 3 is 2.57 bits per heavy atom. The Bertz CT molecular complexity index is 571. The highest BCUT2D eigenvalue weighted by molar-refractivity contribution is 5.95. The van der Waals surface area contributed by atoms with Crippen LogP contribution in [0.5, 0.6) is 0 Å². The van der Waals surface area contributed by atoms with E-state index in [-0.39, 0.29) is 23.0 Å². The third-order valence-electron chi connectivity index (χ3n) is 2.84. The molecule has 0 spiro atoms. The van der Waals surface area contributed by atoms with Gasteiger partial charge in [0.15, 0.2) is 0 Å². The Labute approximate surface area is 117 Å². The SMILES string of the molecule is O=C(NCC(F)(F)F)c1ccc(NC2CC2)c([N+](=O)[O-])c1. The normalized spacial score (nSPS) is 14.6. The van der Waals surface area contributed by atoms with Gasteiger partial charge in [0.1, 0.15) is 12.2 Å². The first-order valence-electron chi connectivity index (χ1n) is 6.16. The van der Waals surface area contributed by atoms with Crippen LogP contribution in [-0.4, -0.2) is 29.6 Å². The molecule has 1 fully saturated rings. The minimum Gasteiger partial charge on any atom is -0.377 e. The van der Waals surface area contributed by atoms with Crippen molar-refractivity contribution in [1.82, 2.24) is 5.32 Å². The third kappa shape index (κ3) is 4.33. The third-order valence-corrected chi connectivity index (χ3v) is 2.84. The average Bonchev–Trinajstić information content (AvgIpc) is 3.19. The standard InChI is InChI=1S/C12H12F3N3O3/c13-12(14,15)6-16-11(19)7-1-4-9(17-8-2-3-8)10(5-7)18(20)21/h1,4-5,8,17H,2-3,6H2,(H,16,19). The fourth-order valence-electron chi connectivity index (χ4n) is 1.68. The maximum Gasteiger partial charge on any atom is 0.405 e. The first-order chi connectivity index (χ1) is 9.76. The average molecular weight is 303 g/mol. The smallest absolute Gasteiger partial charge is 0.377 e. The molecule has 0 aromatic heterocycles. The molecule has 0 saturated heterocycles. The predicted octanol–water partition coefficient (Wildman–Crippen LogP) is 2.46. The zero-order valence-corrected chi connectivity index (χ0v) is 10.7. The van der Waals surface area contributed by atoms with Crippen LogP contribution >= 0.6 is 0 Å². The number of alkyl halides is 3. The molecule has 21 heavy (non-hydrogen) atoms. The van der Waals surface area contributed by atoms with Crippen molar-refractivity contribution < 1.29 is 22.9 Å². The molecule has 0 aliphatic heterocycles. The maximum absolute atomic E-state index is 12.0. The van der Waals surface area contributed by atoms with E-state index in [1.165, 1.54) is 12.1 Å². The van der Waals surface area contributed by atoms with Gasteiger partial charge < -0.3 is 10.6 Å². The molecular formula is C12H12F3N3O3. The summed E-state index contributed by atoms with van der Waals surface area (Å²) < 4.78 is 36.1. The van der Waals surface area contributed by atoms with E-state index in [0.717, 1.165) is 18.9 Å². The molecule has 6 nitrogen and oxygen atoms in total. The van der Waals surface area contributed by atoms with Crippen LogP contribution in [0, 0.1) is 10.1 Å². The van der Waals surface area contributed by atoms with Crippen LogP contribution < -0.4 is 10.6 Å².